The summed E-state index contributed by atoms with van der Waals surface area (Å²) < 4.78 is 10.9. The first kappa shape index (κ1) is 15.4. The Labute approximate surface area is 134 Å². The maximum absolute atomic E-state index is 12.3. The van der Waals surface area contributed by atoms with Crippen molar-refractivity contribution in [1.29, 1.82) is 0 Å². The van der Waals surface area contributed by atoms with Crippen LogP contribution in [0.5, 0.6) is 0 Å². The van der Waals surface area contributed by atoms with Gasteiger partial charge in [0.2, 0.25) is 5.91 Å². The van der Waals surface area contributed by atoms with Crippen molar-refractivity contribution in [3.05, 3.63) is 47.5 Å². The molecule has 0 radical (unpaired) electrons. The van der Waals surface area contributed by atoms with Crippen molar-refractivity contribution in [2.45, 2.75) is 39.3 Å². The minimum Gasteiger partial charge on any atom is -0.467 e. The zero-order valence-corrected chi connectivity index (χ0v) is 13.5. The molecule has 3 rings (SSSR count). The van der Waals surface area contributed by atoms with Crippen LogP contribution in [-0.2, 0) is 19.7 Å². The molecule has 6 nitrogen and oxygen atoms in total. The monoisotopic (exact) mass is 317 g/mol. The summed E-state index contributed by atoms with van der Waals surface area (Å²) in [5.41, 5.74) is -0.407. The molecule has 6 heteroatoms. The molecule has 1 amide bonds. The molecule has 2 aliphatic rings. The highest BCUT2D eigenvalue weighted by Crippen LogP contribution is 2.52. The number of allylic oxidation sites excluding steroid dienone is 1. The quantitative estimate of drug-likeness (QED) is 0.685. The molecule has 1 atom stereocenters. The Balaban J connectivity index is 2.07. The summed E-state index contributed by atoms with van der Waals surface area (Å²) >= 11 is 0. The lowest BCUT2D eigenvalue weighted by molar-refractivity contribution is -0.191. The topological polar surface area (TPSA) is 76.1 Å². The Morgan fingerprint density at radius 3 is 2.48 bits per heavy atom. The summed E-state index contributed by atoms with van der Waals surface area (Å²) in [4.78, 5) is 24.6. The lowest BCUT2D eigenvalue weighted by atomic mass is 9.81. The fourth-order valence-corrected chi connectivity index (χ4v) is 3.03. The Morgan fingerprint density at radius 1 is 1.30 bits per heavy atom. The molecule has 0 saturated carbocycles. The number of hydrogen-bond donors (Lipinski definition) is 1. The minimum absolute atomic E-state index is 0.0271. The molecule has 0 bridgehead atoms. The van der Waals surface area contributed by atoms with Crippen LogP contribution in [0.2, 0.25) is 0 Å². The Bertz CT molecular complexity index is 705. The van der Waals surface area contributed by atoms with E-state index < -0.39 is 23.2 Å². The molecule has 1 fully saturated rings. The van der Waals surface area contributed by atoms with Gasteiger partial charge in [-0.2, -0.15) is 0 Å². The Kier molecular flexibility index (Phi) is 3.18. The first-order valence-corrected chi connectivity index (χ1v) is 7.38. The van der Waals surface area contributed by atoms with Crippen LogP contribution in [0.25, 0.3) is 0 Å². The average molecular weight is 317 g/mol. The molecule has 1 N–H and O–H groups in total. The van der Waals surface area contributed by atoms with Crippen molar-refractivity contribution >= 4 is 12.1 Å². The number of β-lactam (4-membered cyclic amide) rings is 1. The second-order valence-corrected chi connectivity index (χ2v) is 6.86. The van der Waals surface area contributed by atoms with Gasteiger partial charge in [-0.3, -0.25) is 4.79 Å². The molecular weight excluding hydrogens is 298 g/mol. The molecule has 0 aromatic heterocycles. The summed E-state index contributed by atoms with van der Waals surface area (Å²) in [6.07, 6.45) is -2.01. The van der Waals surface area contributed by atoms with E-state index in [2.05, 4.69) is 0 Å². The van der Waals surface area contributed by atoms with E-state index in [0.717, 1.165) is 5.56 Å². The predicted octanol–water partition coefficient (Wildman–Crippen LogP) is 3.05. The largest absolute Gasteiger partial charge is 0.512 e. The highest BCUT2D eigenvalue weighted by molar-refractivity contribution is 5.91. The number of ether oxygens (including phenoxy) is 2. The Morgan fingerprint density at radius 2 is 1.91 bits per heavy atom. The van der Waals surface area contributed by atoms with Gasteiger partial charge in [0.15, 0.2) is 12.0 Å². The van der Waals surface area contributed by atoms with Crippen LogP contribution in [0.1, 0.15) is 33.3 Å². The average Bonchev–Trinajstić information content (AvgIpc) is 2.85. The van der Waals surface area contributed by atoms with Crippen LogP contribution in [-0.4, -0.2) is 28.3 Å². The molecular formula is C17H19NO5. The standard InChI is InChI=1S/C17H19NO5/c1-16(2,10-8-6-5-7-9-10)11-12(23-15(20)21)18-13(19)17(3,4)14(18)22-11/h5-9,14H,1-4H3,(H,20,21). The smallest absolute Gasteiger partial charge is 0.467 e. The first-order valence-electron chi connectivity index (χ1n) is 7.38. The lowest BCUT2D eigenvalue weighted by Crippen LogP contribution is -2.64. The van der Waals surface area contributed by atoms with Gasteiger partial charge in [0.05, 0.1) is 5.41 Å². The molecule has 1 aromatic carbocycles. The minimum atomic E-state index is -1.47. The van der Waals surface area contributed by atoms with Gasteiger partial charge < -0.3 is 14.6 Å². The van der Waals surface area contributed by atoms with E-state index in [9.17, 15) is 9.59 Å². The van der Waals surface area contributed by atoms with E-state index in [1.165, 1.54) is 4.90 Å². The van der Waals surface area contributed by atoms with E-state index in [-0.39, 0.29) is 11.8 Å². The molecule has 1 aromatic rings. The van der Waals surface area contributed by atoms with E-state index in [0.29, 0.717) is 5.76 Å². The second-order valence-electron chi connectivity index (χ2n) is 6.86. The fraction of sp³-hybridized carbons (Fsp3) is 0.412. The molecule has 0 aliphatic carbocycles. The van der Waals surface area contributed by atoms with Crippen molar-refractivity contribution in [3.63, 3.8) is 0 Å². The highest BCUT2D eigenvalue weighted by atomic mass is 16.7. The number of hydrogen-bond acceptors (Lipinski definition) is 4. The summed E-state index contributed by atoms with van der Waals surface area (Å²) in [5.74, 6) is 0.119. The van der Waals surface area contributed by atoms with Crippen molar-refractivity contribution in [1.82, 2.24) is 4.90 Å². The van der Waals surface area contributed by atoms with E-state index in [1.807, 2.05) is 44.2 Å². The zero-order valence-electron chi connectivity index (χ0n) is 13.5. The second kappa shape index (κ2) is 4.75. The van der Waals surface area contributed by atoms with Crippen LogP contribution in [0, 0.1) is 5.41 Å². The van der Waals surface area contributed by atoms with E-state index in [1.54, 1.807) is 13.8 Å². The van der Waals surface area contributed by atoms with E-state index >= 15 is 0 Å². The molecule has 0 spiro atoms. The Hall–Kier alpha value is -2.50. The van der Waals surface area contributed by atoms with Gasteiger partial charge >= 0.3 is 6.16 Å². The first-order chi connectivity index (χ1) is 10.7. The van der Waals surface area contributed by atoms with Gasteiger partial charge in [-0.1, -0.05) is 30.3 Å². The normalized spacial score (nSPS) is 22.3. The summed E-state index contributed by atoms with van der Waals surface area (Å²) in [6, 6.07) is 9.55. The number of nitrogens with zero attached hydrogens (tertiary/aromatic N) is 1. The number of carbonyl (C=O) groups excluding carboxylic acids is 1. The fourth-order valence-electron chi connectivity index (χ4n) is 3.03. The number of amides is 1. The van der Waals surface area contributed by atoms with Crippen molar-refractivity contribution in [3.8, 4) is 0 Å². The maximum atomic E-state index is 12.3. The summed E-state index contributed by atoms with van der Waals surface area (Å²) in [6.45, 7) is 7.36. The third-order valence-corrected chi connectivity index (χ3v) is 4.51. The summed E-state index contributed by atoms with van der Waals surface area (Å²) in [5, 5.41) is 9.02. The molecule has 122 valence electrons. The number of benzene rings is 1. The van der Waals surface area contributed by atoms with Crippen molar-refractivity contribution < 1.29 is 24.2 Å². The number of fused-ring (bicyclic) bond motifs is 1. The summed E-state index contributed by atoms with van der Waals surface area (Å²) in [7, 11) is 0. The maximum Gasteiger partial charge on any atom is 0.512 e. The van der Waals surface area contributed by atoms with Gasteiger partial charge in [-0.05, 0) is 33.3 Å². The third-order valence-electron chi connectivity index (χ3n) is 4.51. The zero-order chi connectivity index (χ0) is 17.0. The van der Waals surface area contributed by atoms with Gasteiger partial charge in [0.25, 0.3) is 5.88 Å². The molecule has 2 aliphatic heterocycles. The number of carboxylic acid groups (broad SMARTS) is 1. The predicted molar refractivity (Wildman–Crippen MR) is 81.1 cm³/mol. The highest BCUT2D eigenvalue weighted by Gasteiger charge is 2.64. The molecule has 1 saturated heterocycles. The number of rotatable bonds is 3. The van der Waals surface area contributed by atoms with Crippen LogP contribution < -0.4 is 0 Å². The molecule has 1 unspecified atom stereocenters. The van der Waals surface area contributed by atoms with Gasteiger partial charge in [-0.25, -0.2) is 9.69 Å². The SMILES string of the molecule is CC(C)(C1=C(OC(=O)O)N2C(=O)C(C)(C)C2O1)c1ccccc1. The molecule has 2 heterocycles. The van der Waals surface area contributed by atoms with Crippen molar-refractivity contribution in [2.75, 3.05) is 0 Å². The van der Waals surface area contributed by atoms with Crippen LogP contribution in [0.15, 0.2) is 42.0 Å². The lowest BCUT2D eigenvalue weighted by Gasteiger charge is -2.46. The third kappa shape index (κ3) is 2.09. The van der Waals surface area contributed by atoms with Gasteiger partial charge in [0, 0.05) is 0 Å². The van der Waals surface area contributed by atoms with Gasteiger partial charge in [0.1, 0.15) is 5.41 Å². The van der Waals surface area contributed by atoms with Crippen LogP contribution in [0.4, 0.5) is 4.79 Å². The van der Waals surface area contributed by atoms with Gasteiger partial charge in [-0.15, -0.1) is 0 Å². The molecule has 23 heavy (non-hydrogen) atoms. The van der Waals surface area contributed by atoms with E-state index in [4.69, 9.17) is 14.6 Å². The van der Waals surface area contributed by atoms with Crippen LogP contribution in [0.3, 0.4) is 0 Å². The van der Waals surface area contributed by atoms with Crippen molar-refractivity contribution in [2.24, 2.45) is 5.41 Å². The van der Waals surface area contributed by atoms with Crippen LogP contribution >= 0.6 is 0 Å². The number of carbonyl (C=O) groups is 2.